The van der Waals surface area contributed by atoms with Gasteiger partial charge in [-0.1, -0.05) is 6.07 Å². The number of anilines is 1. The highest BCUT2D eigenvalue weighted by Gasteiger charge is 2.30. The van der Waals surface area contributed by atoms with Gasteiger partial charge in [0.2, 0.25) is 5.88 Å². The summed E-state index contributed by atoms with van der Waals surface area (Å²) in [5.74, 6) is -1.88. The fourth-order valence-electron chi connectivity index (χ4n) is 3.06. The molecule has 1 aliphatic heterocycles. The fourth-order valence-corrected chi connectivity index (χ4v) is 3.06. The van der Waals surface area contributed by atoms with Crippen LogP contribution in [-0.2, 0) is 4.79 Å². The van der Waals surface area contributed by atoms with Crippen LogP contribution >= 0.6 is 0 Å². The number of carbonyl (C=O) groups excluding carboxylic acids is 2. The Morgan fingerprint density at radius 2 is 1.86 bits per heavy atom. The van der Waals surface area contributed by atoms with Crippen molar-refractivity contribution < 1.29 is 14.7 Å². The van der Waals surface area contributed by atoms with Gasteiger partial charge in [-0.3, -0.25) is 19.4 Å². The summed E-state index contributed by atoms with van der Waals surface area (Å²) < 4.78 is 0. The van der Waals surface area contributed by atoms with E-state index in [4.69, 9.17) is 5.73 Å². The zero-order chi connectivity index (χ0) is 20.7. The zero-order valence-corrected chi connectivity index (χ0v) is 16.0. The molecule has 1 aromatic carbocycles. The zero-order valence-electron chi connectivity index (χ0n) is 16.0. The molecule has 144 valence electrons. The molecule has 0 saturated heterocycles. The molecule has 8 nitrogen and oxygen atoms in total. The van der Waals surface area contributed by atoms with Gasteiger partial charge in [0.25, 0.3) is 17.4 Å². The van der Waals surface area contributed by atoms with Crippen LogP contribution in [0, 0.1) is 20.8 Å². The Kier molecular flexibility index (Phi) is 4.64. The highest BCUT2D eigenvalue weighted by molar-refractivity contribution is 6.32. The van der Waals surface area contributed by atoms with Crippen LogP contribution in [0.2, 0.25) is 0 Å². The van der Waals surface area contributed by atoms with Gasteiger partial charge in [0.05, 0.1) is 17.0 Å². The Bertz CT molecular complexity index is 1140. The summed E-state index contributed by atoms with van der Waals surface area (Å²) in [7, 11) is 0. The molecule has 1 aliphatic rings. The lowest BCUT2D eigenvalue weighted by molar-refractivity contribution is -0.114. The van der Waals surface area contributed by atoms with Crippen molar-refractivity contribution in [2.45, 2.75) is 27.7 Å². The lowest BCUT2D eigenvalue weighted by atomic mass is 10.0. The molecule has 0 bridgehead atoms. The molecule has 0 fully saturated rings. The molecule has 0 atom stereocenters. The number of hydrogen-bond donors (Lipinski definition) is 3. The van der Waals surface area contributed by atoms with Gasteiger partial charge in [-0.2, -0.15) is 10.1 Å². The maximum Gasteiger partial charge on any atom is 0.280 e. The second kappa shape index (κ2) is 6.80. The van der Waals surface area contributed by atoms with Crippen LogP contribution in [0.5, 0.6) is 5.88 Å². The van der Waals surface area contributed by atoms with Gasteiger partial charge in [0, 0.05) is 5.56 Å². The second-order valence-corrected chi connectivity index (χ2v) is 6.71. The molecule has 0 spiro atoms. The van der Waals surface area contributed by atoms with E-state index in [1.54, 1.807) is 13.0 Å². The average Bonchev–Trinajstić information content (AvgIpc) is 2.88. The van der Waals surface area contributed by atoms with Gasteiger partial charge >= 0.3 is 0 Å². The van der Waals surface area contributed by atoms with Gasteiger partial charge < -0.3 is 10.8 Å². The molecule has 3 rings (SSSR count). The number of nitrogens with two attached hydrogens (primary N) is 1. The van der Waals surface area contributed by atoms with Gasteiger partial charge in [-0.15, -0.1) is 0 Å². The first kappa shape index (κ1) is 19.1. The number of aromatic amines is 1. The first-order chi connectivity index (χ1) is 13.1. The van der Waals surface area contributed by atoms with E-state index in [0.29, 0.717) is 11.4 Å². The van der Waals surface area contributed by atoms with Crippen molar-refractivity contribution in [2.24, 2.45) is 10.8 Å². The summed E-state index contributed by atoms with van der Waals surface area (Å²) in [5.41, 5.74) is 8.06. The molecular weight excluding hydrogens is 360 g/mol. The Morgan fingerprint density at radius 1 is 1.18 bits per heavy atom. The van der Waals surface area contributed by atoms with E-state index in [0.717, 1.165) is 11.1 Å². The Labute approximate surface area is 161 Å². The number of hydrazone groups is 1. The molecule has 1 aromatic heterocycles. The molecule has 2 aromatic rings. The van der Waals surface area contributed by atoms with Gasteiger partial charge in [-0.05, 0) is 62.6 Å². The summed E-state index contributed by atoms with van der Waals surface area (Å²) in [6, 6.07) is 5.55. The molecule has 4 N–H and O–H groups in total. The van der Waals surface area contributed by atoms with E-state index in [2.05, 4.69) is 10.1 Å². The number of aromatic nitrogens is 1. The van der Waals surface area contributed by atoms with Gasteiger partial charge in [-0.25, -0.2) is 0 Å². The van der Waals surface area contributed by atoms with Crippen LogP contribution in [0.25, 0.3) is 6.08 Å². The predicted molar refractivity (Wildman–Crippen MR) is 106 cm³/mol. The number of amides is 2. The molecule has 0 saturated carbocycles. The standard InChI is InChI=1S/C20H20N4O4/c1-9-5-6-13(7-10(9)2)24-20(28)15(12(4)23-24)8-14-11(3)16(17(21)25)19(27)22-18(14)26/h5-8H,1-4H3,(H2,21,25)(H2,22,26,27)/b15-8+. The highest BCUT2D eigenvalue weighted by atomic mass is 16.3. The topological polar surface area (TPSA) is 129 Å². The largest absolute Gasteiger partial charge is 0.494 e. The number of aryl methyl sites for hydroxylation is 2. The van der Waals surface area contributed by atoms with E-state index < -0.39 is 23.3 Å². The van der Waals surface area contributed by atoms with E-state index in [-0.39, 0.29) is 22.3 Å². The van der Waals surface area contributed by atoms with Crippen LogP contribution in [0.3, 0.4) is 0 Å². The molecular formula is C20H20N4O4. The van der Waals surface area contributed by atoms with Crippen molar-refractivity contribution in [2.75, 3.05) is 5.01 Å². The van der Waals surface area contributed by atoms with Crippen molar-refractivity contribution in [1.82, 2.24) is 4.98 Å². The number of nitrogens with one attached hydrogen (secondary N) is 1. The molecule has 0 unspecified atom stereocenters. The third-order valence-electron chi connectivity index (χ3n) is 4.83. The number of primary amides is 1. The maximum atomic E-state index is 12.9. The van der Waals surface area contributed by atoms with Crippen LogP contribution in [0.4, 0.5) is 5.69 Å². The Balaban J connectivity index is 2.10. The predicted octanol–water partition coefficient (Wildman–Crippen LogP) is 1.91. The number of aromatic hydroxyl groups is 1. The SMILES string of the molecule is CC1=NN(c2ccc(C)c(C)c2)C(=O)/C1=C/c1c(C)c(C(N)=O)c(O)[nH]c1=O. The van der Waals surface area contributed by atoms with E-state index >= 15 is 0 Å². The van der Waals surface area contributed by atoms with Gasteiger partial charge in [0.15, 0.2) is 0 Å². The highest BCUT2D eigenvalue weighted by Crippen LogP contribution is 2.27. The van der Waals surface area contributed by atoms with Gasteiger partial charge in [0.1, 0.15) is 5.56 Å². The first-order valence-corrected chi connectivity index (χ1v) is 8.56. The Hall–Kier alpha value is -3.68. The van der Waals surface area contributed by atoms with Crippen LogP contribution in [0.1, 0.15) is 39.5 Å². The van der Waals surface area contributed by atoms with Crippen LogP contribution in [0.15, 0.2) is 33.7 Å². The fraction of sp³-hybridized carbons (Fsp3) is 0.200. The van der Waals surface area contributed by atoms with Crippen molar-refractivity contribution in [1.29, 1.82) is 0 Å². The molecule has 8 heteroatoms. The third kappa shape index (κ3) is 3.09. The number of rotatable bonds is 3. The number of pyridine rings is 1. The van der Waals surface area contributed by atoms with E-state index in [1.165, 1.54) is 18.0 Å². The summed E-state index contributed by atoms with van der Waals surface area (Å²) in [6.45, 7) is 7.05. The minimum atomic E-state index is -0.884. The minimum Gasteiger partial charge on any atom is -0.494 e. The lowest BCUT2D eigenvalue weighted by Gasteiger charge is -2.13. The number of H-pyrrole nitrogens is 1. The molecule has 2 heterocycles. The molecule has 0 aliphatic carbocycles. The summed E-state index contributed by atoms with van der Waals surface area (Å²) in [4.78, 5) is 39.0. The Morgan fingerprint density at radius 3 is 2.46 bits per heavy atom. The number of carbonyl (C=O) groups is 2. The maximum absolute atomic E-state index is 12.9. The molecule has 28 heavy (non-hydrogen) atoms. The summed E-state index contributed by atoms with van der Waals surface area (Å²) in [6.07, 6.45) is 1.36. The lowest BCUT2D eigenvalue weighted by Crippen LogP contribution is -2.23. The number of nitrogens with zero attached hydrogens (tertiary/aromatic N) is 2. The summed E-state index contributed by atoms with van der Waals surface area (Å²) >= 11 is 0. The third-order valence-corrected chi connectivity index (χ3v) is 4.83. The van der Waals surface area contributed by atoms with Crippen molar-refractivity contribution in [3.8, 4) is 5.88 Å². The van der Waals surface area contributed by atoms with Crippen molar-refractivity contribution >= 4 is 29.3 Å². The summed E-state index contributed by atoms with van der Waals surface area (Å²) in [5, 5.41) is 15.4. The van der Waals surface area contributed by atoms with E-state index in [1.807, 2.05) is 26.0 Å². The van der Waals surface area contributed by atoms with Crippen LogP contribution < -0.4 is 16.3 Å². The molecule has 2 amide bonds. The average molecular weight is 380 g/mol. The van der Waals surface area contributed by atoms with E-state index in [9.17, 15) is 19.5 Å². The second-order valence-electron chi connectivity index (χ2n) is 6.71. The van der Waals surface area contributed by atoms with Crippen molar-refractivity contribution in [3.05, 3.63) is 61.9 Å². The first-order valence-electron chi connectivity index (χ1n) is 8.56. The quantitative estimate of drug-likeness (QED) is 0.702. The number of hydrogen-bond acceptors (Lipinski definition) is 5. The monoisotopic (exact) mass is 380 g/mol. The van der Waals surface area contributed by atoms with Crippen molar-refractivity contribution in [3.63, 3.8) is 0 Å². The van der Waals surface area contributed by atoms with Crippen LogP contribution in [-0.4, -0.2) is 27.6 Å². The smallest absolute Gasteiger partial charge is 0.280 e. The normalized spacial score (nSPS) is 15.3. The molecule has 0 radical (unpaired) electrons. The minimum absolute atomic E-state index is 0.0615. The number of benzene rings is 1.